The van der Waals surface area contributed by atoms with E-state index in [1.54, 1.807) is 0 Å². The highest BCUT2D eigenvalue weighted by Crippen LogP contribution is 2.43. The number of benzene rings is 1. The van der Waals surface area contributed by atoms with Gasteiger partial charge in [0.2, 0.25) is 0 Å². The van der Waals surface area contributed by atoms with Crippen LogP contribution < -0.4 is 0 Å². The first kappa shape index (κ1) is 15.0. The molecular formula is C11H11Br3O3. The largest absolute Gasteiger partial charge is 0.506 e. The van der Waals surface area contributed by atoms with Crippen LogP contribution in [0.4, 0.5) is 0 Å². The van der Waals surface area contributed by atoms with Crippen LogP contribution in [0.15, 0.2) is 13.4 Å². The molecule has 1 rings (SSSR count). The topological polar surface area (TPSA) is 46.5 Å². The lowest BCUT2D eigenvalue weighted by Gasteiger charge is -2.15. The zero-order chi connectivity index (χ0) is 13.2. The number of aromatic hydroxyl groups is 1. The van der Waals surface area contributed by atoms with E-state index in [9.17, 15) is 9.90 Å². The van der Waals surface area contributed by atoms with Gasteiger partial charge in [-0.05, 0) is 54.2 Å². The molecule has 0 heterocycles. The van der Waals surface area contributed by atoms with Gasteiger partial charge in [0.1, 0.15) is 5.75 Å². The predicted octanol–water partition coefficient (Wildman–Crippen LogP) is 4.42. The van der Waals surface area contributed by atoms with Crippen molar-refractivity contribution in [3.8, 4) is 5.75 Å². The van der Waals surface area contributed by atoms with E-state index >= 15 is 0 Å². The van der Waals surface area contributed by atoms with E-state index in [0.717, 1.165) is 6.42 Å². The molecule has 94 valence electrons. The Labute approximate surface area is 125 Å². The molecule has 6 heteroatoms. The van der Waals surface area contributed by atoms with Gasteiger partial charge in [-0.1, -0.05) is 13.3 Å². The second-order valence-electron chi connectivity index (χ2n) is 3.39. The fourth-order valence-corrected chi connectivity index (χ4v) is 3.19. The molecule has 0 radical (unpaired) electrons. The van der Waals surface area contributed by atoms with E-state index in [2.05, 4.69) is 47.8 Å². The maximum Gasteiger partial charge on any atom is 0.339 e. The maximum atomic E-state index is 11.7. The van der Waals surface area contributed by atoms with Crippen molar-refractivity contribution < 1.29 is 14.6 Å². The second-order valence-corrected chi connectivity index (χ2v) is 5.76. The summed E-state index contributed by atoms with van der Waals surface area (Å²) in [6, 6.07) is 0. The number of halogens is 3. The summed E-state index contributed by atoms with van der Waals surface area (Å²) in [5, 5.41) is 10.1. The number of rotatable bonds is 3. The van der Waals surface area contributed by atoms with Crippen molar-refractivity contribution in [2.75, 3.05) is 7.11 Å². The Bertz CT molecular complexity index is 458. The molecule has 1 N–H and O–H groups in total. The number of phenols is 1. The van der Waals surface area contributed by atoms with Crippen LogP contribution >= 0.6 is 47.8 Å². The third-order valence-electron chi connectivity index (χ3n) is 2.29. The predicted molar refractivity (Wildman–Crippen MR) is 76.5 cm³/mol. The number of esters is 1. The van der Waals surface area contributed by atoms with Gasteiger partial charge in [0.05, 0.1) is 21.6 Å². The van der Waals surface area contributed by atoms with Gasteiger partial charge in [-0.3, -0.25) is 0 Å². The number of hydrogen-bond donors (Lipinski definition) is 1. The van der Waals surface area contributed by atoms with Gasteiger partial charge >= 0.3 is 5.97 Å². The van der Waals surface area contributed by atoms with E-state index in [4.69, 9.17) is 4.74 Å². The summed E-state index contributed by atoms with van der Waals surface area (Å²) >= 11 is 9.92. The number of ether oxygens (including phenoxy) is 1. The molecule has 0 spiro atoms. The van der Waals surface area contributed by atoms with Gasteiger partial charge in [-0.25, -0.2) is 4.79 Å². The Morgan fingerprint density at radius 3 is 2.29 bits per heavy atom. The molecular weight excluding hydrogens is 420 g/mol. The van der Waals surface area contributed by atoms with Crippen LogP contribution in [0.25, 0.3) is 0 Å². The molecule has 0 saturated carbocycles. The smallest absolute Gasteiger partial charge is 0.339 e. The van der Waals surface area contributed by atoms with Crippen molar-refractivity contribution in [3.05, 3.63) is 24.5 Å². The average Bonchev–Trinajstić information content (AvgIpc) is 2.33. The molecule has 0 fully saturated rings. The van der Waals surface area contributed by atoms with Gasteiger partial charge in [0.15, 0.2) is 0 Å². The lowest BCUT2D eigenvalue weighted by atomic mass is 10.0. The van der Waals surface area contributed by atoms with Crippen molar-refractivity contribution >= 4 is 53.8 Å². The van der Waals surface area contributed by atoms with E-state index in [1.807, 2.05) is 6.92 Å². The molecule has 0 unspecified atom stereocenters. The zero-order valence-corrected chi connectivity index (χ0v) is 14.1. The number of methoxy groups -OCH3 is 1. The number of hydrogen-bond acceptors (Lipinski definition) is 3. The molecule has 0 bridgehead atoms. The van der Waals surface area contributed by atoms with Gasteiger partial charge < -0.3 is 9.84 Å². The number of phenolic OH excluding ortho intramolecular Hbond substituents is 1. The van der Waals surface area contributed by atoms with Crippen molar-refractivity contribution in [3.63, 3.8) is 0 Å². The summed E-state index contributed by atoms with van der Waals surface area (Å²) in [5.74, 6) is -0.397. The molecule has 0 aliphatic heterocycles. The summed E-state index contributed by atoms with van der Waals surface area (Å²) in [6.45, 7) is 1.98. The third-order valence-corrected chi connectivity index (χ3v) is 5.71. The molecule has 3 nitrogen and oxygen atoms in total. The molecule has 1 aromatic carbocycles. The van der Waals surface area contributed by atoms with E-state index in [-0.39, 0.29) is 5.75 Å². The Balaban J connectivity index is 3.59. The Morgan fingerprint density at radius 1 is 1.24 bits per heavy atom. The first-order valence-corrected chi connectivity index (χ1v) is 7.30. The zero-order valence-electron chi connectivity index (χ0n) is 9.31. The first-order chi connectivity index (χ1) is 7.95. The monoisotopic (exact) mass is 428 g/mol. The molecule has 0 aromatic heterocycles. The van der Waals surface area contributed by atoms with Crippen molar-refractivity contribution in [2.24, 2.45) is 0 Å². The average molecular weight is 431 g/mol. The van der Waals surface area contributed by atoms with Crippen molar-refractivity contribution in [2.45, 2.75) is 19.8 Å². The molecule has 0 saturated heterocycles. The highest BCUT2D eigenvalue weighted by Gasteiger charge is 2.24. The Morgan fingerprint density at radius 2 is 1.82 bits per heavy atom. The normalized spacial score (nSPS) is 10.4. The van der Waals surface area contributed by atoms with Crippen LogP contribution in [0.3, 0.4) is 0 Å². The van der Waals surface area contributed by atoms with E-state index < -0.39 is 5.97 Å². The molecule has 0 atom stereocenters. The van der Waals surface area contributed by atoms with Crippen molar-refractivity contribution in [1.29, 1.82) is 0 Å². The minimum atomic E-state index is -0.469. The SMILES string of the molecule is CCCc1c(O)c(Br)c(Br)c(Br)c1C(=O)OC. The first-order valence-electron chi connectivity index (χ1n) is 4.92. The fourth-order valence-electron chi connectivity index (χ4n) is 1.50. The highest BCUT2D eigenvalue weighted by atomic mass is 79.9. The van der Waals surface area contributed by atoms with Gasteiger partial charge in [-0.2, -0.15) is 0 Å². The standard InChI is InChI=1S/C11H11Br3O3/c1-3-4-5-6(11(16)17-2)7(12)8(13)9(14)10(5)15/h15H,3-4H2,1-2H3. The van der Waals surface area contributed by atoms with Crippen LogP contribution in [0.1, 0.15) is 29.3 Å². The van der Waals surface area contributed by atoms with Crippen LogP contribution in [0.5, 0.6) is 5.75 Å². The summed E-state index contributed by atoms with van der Waals surface area (Å²) in [7, 11) is 1.32. The summed E-state index contributed by atoms with van der Waals surface area (Å²) in [4.78, 5) is 11.7. The molecule has 17 heavy (non-hydrogen) atoms. The third kappa shape index (κ3) is 2.85. The summed E-state index contributed by atoms with van der Waals surface area (Å²) in [5.41, 5.74) is 0.947. The minimum Gasteiger partial charge on any atom is -0.506 e. The van der Waals surface area contributed by atoms with Crippen molar-refractivity contribution in [1.82, 2.24) is 0 Å². The Kier molecular flexibility index (Phi) is 5.47. The summed E-state index contributed by atoms with van der Waals surface area (Å²) in [6.07, 6.45) is 1.42. The van der Waals surface area contributed by atoms with E-state index in [0.29, 0.717) is 31.0 Å². The molecule has 0 aliphatic carbocycles. The maximum absolute atomic E-state index is 11.7. The van der Waals surface area contributed by atoms with E-state index in [1.165, 1.54) is 7.11 Å². The van der Waals surface area contributed by atoms with Crippen LogP contribution in [0.2, 0.25) is 0 Å². The highest BCUT2D eigenvalue weighted by molar-refractivity contribution is 9.14. The lowest BCUT2D eigenvalue weighted by Crippen LogP contribution is -2.08. The van der Waals surface area contributed by atoms with Gasteiger partial charge in [0.25, 0.3) is 0 Å². The molecule has 0 amide bonds. The van der Waals surface area contributed by atoms with Gasteiger partial charge in [0, 0.05) is 10.0 Å². The van der Waals surface area contributed by atoms with Crippen LogP contribution in [-0.4, -0.2) is 18.2 Å². The van der Waals surface area contributed by atoms with Gasteiger partial charge in [-0.15, -0.1) is 0 Å². The lowest BCUT2D eigenvalue weighted by molar-refractivity contribution is 0.0597. The minimum absolute atomic E-state index is 0.0716. The molecule has 1 aromatic rings. The quantitative estimate of drug-likeness (QED) is 0.570. The number of carbonyl (C=O) groups excluding carboxylic acids is 1. The second kappa shape index (κ2) is 6.20. The van der Waals surface area contributed by atoms with Crippen LogP contribution in [-0.2, 0) is 11.2 Å². The van der Waals surface area contributed by atoms with Crippen LogP contribution in [0, 0.1) is 0 Å². The fraction of sp³-hybridized carbons (Fsp3) is 0.364. The Hall–Kier alpha value is -0.0700. The summed E-state index contributed by atoms with van der Waals surface area (Å²) < 4.78 is 6.44. The molecule has 0 aliphatic rings. The number of carbonyl (C=O) groups is 1.